The summed E-state index contributed by atoms with van der Waals surface area (Å²) in [5.41, 5.74) is 9.56. The molecule has 1 aromatic heterocycles. The van der Waals surface area contributed by atoms with E-state index in [2.05, 4.69) is 22.3 Å². The molecule has 3 heteroatoms. The summed E-state index contributed by atoms with van der Waals surface area (Å²) in [5.74, 6) is 0. The van der Waals surface area contributed by atoms with E-state index in [9.17, 15) is 0 Å². The number of hydrogen-bond acceptors (Lipinski definition) is 2. The van der Waals surface area contributed by atoms with Gasteiger partial charge in [-0.1, -0.05) is 30.3 Å². The molecule has 0 bridgehead atoms. The van der Waals surface area contributed by atoms with Crippen LogP contribution in [0, 0.1) is 6.92 Å². The lowest BCUT2D eigenvalue weighted by Crippen LogP contribution is -2.13. The molecule has 3 nitrogen and oxygen atoms in total. The van der Waals surface area contributed by atoms with Crippen LogP contribution in [0.15, 0.2) is 36.5 Å². The number of rotatable bonds is 3. The van der Waals surface area contributed by atoms with Crippen molar-refractivity contribution in [1.82, 2.24) is 10.2 Å². The fourth-order valence-corrected chi connectivity index (χ4v) is 1.64. The van der Waals surface area contributed by atoms with Crippen LogP contribution in [-0.4, -0.2) is 10.2 Å². The molecule has 78 valence electrons. The van der Waals surface area contributed by atoms with Gasteiger partial charge in [-0.15, -0.1) is 0 Å². The highest BCUT2D eigenvalue weighted by molar-refractivity contribution is 5.23. The molecule has 2 rings (SSSR count). The first-order valence-electron chi connectivity index (χ1n) is 5.06. The van der Waals surface area contributed by atoms with Gasteiger partial charge in [0.05, 0.1) is 6.20 Å². The standard InChI is InChI=1S/C12H15N3/c1-9-11(8-14-15-9)7-12(13)10-5-3-2-4-6-10/h2-6,8,12H,7,13H2,1H3,(H,14,15). The average Bonchev–Trinajstić information content (AvgIpc) is 2.66. The zero-order chi connectivity index (χ0) is 10.7. The number of aryl methyl sites for hydroxylation is 1. The number of nitrogens with one attached hydrogen (secondary N) is 1. The minimum absolute atomic E-state index is 0.0440. The minimum Gasteiger partial charge on any atom is -0.324 e. The normalized spacial score (nSPS) is 12.7. The topological polar surface area (TPSA) is 54.7 Å². The van der Waals surface area contributed by atoms with Gasteiger partial charge >= 0.3 is 0 Å². The Morgan fingerprint density at radius 1 is 1.33 bits per heavy atom. The lowest BCUT2D eigenvalue weighted by Gasteiger charge is -2.10. The Kier molecular flexibility index (Phi) is 2.83. The second-order valence-electron chi connectivity index (χ2n) is 3.74. The molecule has 0 radical (unpaired) electrons. The Bertz CT molecular complexity index is 419. The van der Waals surface area contributed by atoms with Gasteiger partial charge in [-0.2, -0.15) is 5.10 Å². The summed E-state index contributed by atoms with van der Waals surface area (Å²) in [6.07, 6.45) is 2.67. The number of benzene rings is 1. The van der Waals surface area contributed by atoms with E-state index in [1.165, 1.54) is 5.56 Å². The molecule has 0 saturated heterocycles. The highest BCUT2D eigenvalue weighted by Gasteiger charge is 2.09. The monoisotopic (exact) mass is 201 g/mol. The van der Waals surface area contributed by atoms with Crippen molar-refractivity contribution in [3.05, 3.63) is 53.3 Å². The molecule has 1 heterocycles. The summed E-state index contributed by atoms with van der Waals surface area (Å²) >= 11 is 0. The second-order valence-corrected chi connectivity index (χ2v) is 3.74. The summed E-state index contributed by atoms with van der Waals surface area (Å²) in [6, 6.07) is 10.2. The minimum atomic E-state index is 0.0440. The highest BCUT2D eigenvalue weighted by Crippen LogP contribution is 2.16. The van der Waals surface area contributed by atoms with E-state index in [0.29, 0.717) is 0 Å². The van der Waals surface area contributed by atoms with Crippen molar-refractivity contribution in [1.29, 1.82) is 0 Å². The first-order chi connectivity index (χ1) is 7.27. The molecule has 0 aliphatic heterocycles. The Morgan fingerprint density at radius 3 is 2.67 bits per heavy atom. The second kappa shape index (κ2) is 4.28. The van der Waals surface area contributed by atoms with E-state index in [1.54, 1.807) is 0 Å². The zero-order valence-corrected chi connectivity index (χ0v) is 8.77. The lowest BCUT2D eigenvalue weighted by molar-refractivity contribution is 0.719. The summed E-state index contributed by atoms with van der Waals surface area (Å²) in [6.45, 7) is 2.01. The number of H-pyrrole nitrogens is 1. The summed E-state index contributed by atoms with van der Waals surface area (Å²) in [5, 5.41) is 6.91. The first-order valence-corrected chi connectivity index (χ1v) is 5.06. The summed E-state index contributed by atoms with van der Waals surface area (Å²) < 4.78 is 0. The number of aromatic nitrogens is 2. The number of hydrogen-bond donors (Lipinski definition) is 2. The van der Waals surface area contributed by atoms with Gasteiger partial charge < -0.3 is 5.73 Å². The maximum absolute atomic E-state index is 6.11. The highest BCUT2D eigenvalue weighted by atomic mass is 15.1. The van der Waals surface area contributed by atoms with E-state index < -0.39 is 0 Å². The molecular weight excluding hydrogens is 186 g/mol. The summed E-state index contributed by atoms with van der Waals surface area (Å²) in [4.78, 5) is 0. The molecular formula is C12H15N3. The van der Waals surface area contributed by atoms with Crippen LogP contribution >= 0.6 is 0 Å². The summed E-state index contributed by atoms with van der Waals surface area (Å²) in [7, 11) is 0. The third-order valence-electron chi connectivity index (χ3n) is 2.60. The van der Waals surface area contributed by atoms with Crippen LogP contribution in [0.1, 0.15) is 22.9 Å². The van der Waals surface area contributed by atoms with Crippen molar-refractivity contribution in [2.24, 2.45) is 5.73 Å². The van der Waals surface area contributed by atoms with Crippen molar-refractivity contribution in [2.45, 2.75) is 19.4 Å². The third-order valence-corrected chi connectivity index (χ3v) is 2.60. The molecule has 1 aromatic carbocycles. The van der Waals surface area contributed by atoms with E-state index in [4.69, 9.17) is 5.73 Å². The van der Waals surface area contributed by atoms with Gasteiger partial charge in [0, 0.05) is 11.7 Å². The molecule has 0 saturated carbocycles. The SMILES string of the molecule is Cc1[nH]ncc1CC(N)c1ccccc1. The van der Waals surface area contributed by atoms with Crippen molar-refractivity contribution < 1.29 is 0 Å². The zero-order valence-electron chi connectivity index (χ0n) is 8.77. The molecule has 3 N–H and O–H groups in total. The quantitative estimate of drug-likeness (QED) is 0.797. The molecule has 2 aromatic rings. The number of nitrogens with zero attached hydrogens (tertiary/aromatic N) is 1. The Balaban J connectivity index is 2.11. The maximum atomic E-state index is 6.11. The van der Waals surface area contributed by atoms with Gasteiger partial charge in [0.1, 0.15) is 0 Å². The molecule has 0 fully saturated rings. The van der Waals surface area contributed by atoms with Crippen LogP contribution in [0.4, 0.5) is 0 Å². The van der Waals surface area contributed by atoms with Crippen LogP contribution in [-0.2, 0) is 6.42 Å². The van der Waals surface area contributed by atoms with Crippen molar-refractivity contribution in [3.63, 3.8) is 0 Å². The fourth-order valence-electron chi connectivity index (χ4n) is 1.64. The molecule has 1 unspecified atom stereocenters. The maximum Gasteiger partial charge on any atom is 0.0522 e. The van der Waals surface area contributed by atoms with Gasteiger partial charge in [-0.05, 0) is 24.5 Å². The molecule has 0 amide bonds. The van der Waals surface area contributed by atoms with Crippen LogP contribution in [0.25, 0.3) is 0 Å². The first kappa shape index (κ1) is 9.93. The fraction of sp³-hybridized carbons (Fsp3) is 0.250. The number of nitrogens with two attached hydrogens (primary N) is 1. The van der Waals surface area contributed by atoms with Gasteiger partial charge in [-0.3, -0.25) is 5.10 Å². The predicted octanol–water partition coefficient (Wildman–Crippen LogP) is 1.96. The van der Waals surface area contributed by atoms with Gasteiger partial charge in [0.25, 0.3) is 0 Å². The Labute approximate surface area is 89.3 Å². The van der Waals surface area contributed by atoms with Gasteiger partial charge in [0.2, 0.25) is 0 Å². The third kappa shape index (κ3) is 2.25. The van der Waals surface area contributed by atoms with Crippen molar-refractivity contribution in [2.75, 3.05) is 0 Å². The van der Waals surface area contributed by atoms with Crippen LogP contribution in [0.3, 0.4) is 0 Å². The molecule has 1 atom stereocenters. The van der Waals surface area contributed by atoms with Crippen molar-refractivity contribution >= 4 is 0 Å². The molecule has 15 heavy (non-hydrogen) atoms. The van der Waals surface area contributed by atoms with Crippen LogP contribution < -0.4 is 5.73 Å². The van der Waals surface area contributed by atoms with Crippen molar-refractivity contribution in [3.8, 4) is 0 Å². The van der Waals surface area contributed by atoms with E-state index in [-0.39, 0.29) is 6.04 Å². The van der Waals surface area contributed by atoms with E-state index in [0.717, 1.165) is 17.7 Å². The van der Waals surface area contributed by atoms with Gasteiger partial charge in [-0.25, -0.2) is 0 Å². The predicted molar refractivity (Wildman–Crippen MR) is 60.4 cm³/mol. The van der Waals surface area contributed by atoms with E-state index >= 15 is 0 Å². The Hall–Kier alpha value is -1.61. The smallest absolute Gasteiger partial charge is 0.0522 e. The van der Waals surface area contributed by atoms with Gasteiger partial charge in [0.15, 0.2) is 0 Å². The average molecular weight is 201 g/mol. The molecule has 0 spiro atoms. The molecule has 0 aliphatic rings. The Morgan fingerprint density at radius 2 is 2.07 bits per heavy atom. The molecule has 0 aliphatic carbocycles. The van der Waals surface area contributed by atoms with E-state index in [1.807, 2.05) is 31.3 Å². The lowest BCUT2D eigenvalue weighted by atomic mass is 10.0. The largest absolute Gasteiger partial charge is 0.324 e. The van der Waals surface area contributed by atoms with Crippen LogP contribution in [0.5, 0.6) is 0 Å². The van der Waals surface area contributed by atoms with Crippen LogP contribution in [0.2, 0.25) is 0 Å². The number of aromatic amines is 1.